The Balaban J connectivity index is 2.07. The van der Waals surface area contributed by atoms with Crippen molar-refractivity contribution in [1.82, 2.24) is 4.98 Å². The SMILES string of the molecule is CC(N)c1csc(NC(=O)c2ccc(N(C)C)cc2)n1. The van der Waals surface area contributed by atoms with Gasteiger partial charge in [0, 0.05) is 36.8 Å². The van der Waals surface area contributed by atoms with Crippen LogP contribution in [-0.4, -0.2) is 25.0 Å². The van der Waals surface area contributed by atoms with E-state index in [-0.39, 0.29) is 11.9 Å². The minimum atomic E-state index is -0.166. The summed E-state index contributed by atoms with van der Waals surface area (Å²) in [5.41, 5.74) is 8.18. The van der Waals surface area contributed by atoms with Gasteiger partial charge in [-0.3, -0.25) is 10.1 Å². The number of anilines is 2. The van der Waals surface area contributed by atoms with Crippen molar-refractivity contribution in [3.05, 3.63) is 40.9 Å². The molecule has 2 aromatic rings. The number of amides is 1. The lowest BCUT2D eigenvalue weighted by Gasteiger charge is -2.12. The normalized spacial score (nSPS) is 12.0. The van der Waals surface area contributed by atoms with E-state index in [2.05, 4.69) is 10.3 Å². The molecule has 1 aromatic heterocycles. The summed E-state index contributed by atoms with van der Waals surface area (Å²) in [6.07, 6.45) is 0. The highest BCUT2D eigenvalue weighted by atomic mass is 32.1. The number of rotatable bonds is 4. The first-order valence-corrected chi connectivity index (χ1v) is 7.15. The Morgan fingerprint density at radius 1 is 1.35 bits per heavy atom. The van der Waals surface area contributed by atoms with E-state index in [9.17, 15) is 4.79 Å². The van der Waals surface area contributed by atoms with Crippen LogP contribution in [0.15, 0.2) is 29.6 Å². The molecular weight excluding hydrogens is 272 g/mol. The lowest BCUT2D eigenvalue weighted by Crippen LogP contribution is -2.13. The summed E-state index contributed by atoms with van der Waals surface area (Å²) < 4.78 is 0. The summed E-state index contributed by atoms with van der Waals surface area (Å²) >= 11 is 1.38. The number of hydrogen-bond acceptors (Lipinski definition) is 5. The van der Waals surface area contributed by atoms with Gasteiger partial charge in [0.25, 0.3) is 5.91 Å². The predicted octanol–water partition coefficient (Wildman–Crippen LogP) is 2.48. The summed E-state index contributed by atoms with van der Waals surface area (Å²) in [7, 11) is 3.92. The van der Waals surface area contributed by atoms with Crippen molar-refractivity contribution in [2.24, 2.45) is 5.73 Å². The largest absolute Gasteiger partial charge is 0.378 e. The second-order valence-electron chi connectivity index (χ2n) is 4.76. The first-order valence-electron chi connectivity index (χ1n) is 6.27. The Labute approximate surface area is 122 Å². The van der Waals surface area contributed by atoms with Gasteiger partial charge >= 0.3 is 0 Å². The van der Waals surface area contributed by atoms with Crippen molar-refractivity contribution in [2.45, 2.75) is 13.0 Å². The number of nitrogens with one attached hydrogen (secondary N) is 1. The van der Waals surface area contributed by atoms with Crippen LogP contribution in [0.5, 0.6) is 0 Å². The molecule has 1 unspecified atom stereocenters. The number of nitrogens with two attached hydrogens (primary N) is 1. The maximum Gasteiger partial charge on any atom is 0.257 e. The monoisotopic (exact) mass is 290 g/mol. The molecule has 0 aliphatic carbocycles. The lowest BCUT2D eigenvalue weighted by atomic mass is 10.2. The van der Waals surface area contributed by atoms with Gasteiger partial charge in [-0.05, 0) is 31.2 Å². The van der Waals surface area contributed by atoms with Crippen LogP contribution in [0.3, 0.4) is 0 Å². The second kappa shape index (κ2) is 6.02. The molecule has 1 aromatic carbocycles. The third-order valence-electron chi connectivity index (χ3n) is 2.85. The topological polar surface area (TPSA) is 71.2 Å². The summed E-state index contributed by atoms with van der Waals surface area (Å²) in [5.74, 6) is -0.166. The minimum Gasteiger partial charge on any atom is -0.378 e. The van der Waals surface area contributed by atoms with Gasteiger partial charge in [-0.15, -0.1) is 11.3 Å². The van der Waals surface area contributed by atoms with Crippen LogP contribution in [0.4, 0.5) is 10.8 Å². The third kappa shape index (κ3) is 3.34. The molecule has 6 heteroatoms. The number of carbonyl (C=O) groups is 1. The lowest BCUT2D eigenvalue weighted by molar-refractivity contribution is 0.102. The summed E-state index contributed by atoms with van der Waals surface area (Å²) in [5, 5.41) is 5.21. The fraction of sp³-hybridized carbons (Fsp3) is 0.286. The van der Waals surface area contributed by atoms with Gasteiger partial charge in [-0.2, -0.15) is 0 Å². The molecule has 3 N–H and O–H groups in total. The molecule has 2 rings (SSSR count). The Morgan fingerprint density at radius 3 is 2.50 bits per heavy atom. The molecule has 0 aliphatic rings. The van der Waals surface area contributed by atoms with Gasteiger partial charge in [0.2, 0.25) is 0 Å². The Bertz CT molecular complexity index is 589. The van der Waals surface area contributed by atoms with Crippen molar-refractivity contribution in [3.8, 4) is 0 Å². The molecule has 5 nitrogen and oxygen atoms in total. The van der Waals surface area contributed by atoms with Crippen molar-refractivity contribution in [3.63, 3.8) is 0 Å². The van der Waals surface area contributed by atoms with E-state index in [1.54, 1.807) is 12.1 Å². The number of hydrogen-bond donors (Lipinski definition) is 2. The Morgan fingerprint density at radius 2 is 2.00 bits per heavy atom. The zero-order valence-corrected chi connectivity index (χ0v) is 12.6. The minimum absolute atomic E-state index is 0.128. The third-order valence-corrected chi connectivity index (χ3v) is 3.63. The smallest absolute Gasteiger partial charge is 0.257 e. The number of thiazole rings is 1. The molecular formula is C14H18N4OS. The van der Waals surface area contributed by atoms with Crippen LogP contribution in [0, 0.1) is 0 Å². The van der Waals surface area contributed by atoms with Crippen molar-refractivity contribution >= 4 is 28.1 Å². The van der Waals surface area contributed by atoms with Crippen LogP contribution >= 0.6 is 11.3 Å². The molecule has 20 heavy (non-hydrogen) atoms. The van der Waals surface area contributed by atoms with Gasteiger partial charge in [0.1, 0.15) is 0 Å². The average Bonchev–Trinajstić information content (AvgIpc) is 2.87. The van der Waals surface area contributed by atoms with E-state index in [1.165, 1.54) is 11.3 Å². The van der Waals surface area contributed by atoms with Crippen LogP contribution < -0.4 is 16.0 Å². The molecule has 106 valence electrons. The fourth-order valence-corrected chi connectivity index (χ4v) is 2.44. The summed E-state index contributed by atoms with van der Waals surface area (Å²) in [6.45, 7) is 1.86. The van der Waals surface area contributed by atoms with E-state index in [0.29, 0.717) is 10.7 Å². The molecule has 1 atom stereocenters. The molecule has 0 aliphatic heterocycles. The van der Waals surface area contributed by atoms with Crippen molar-refractivity contribution < 1.29 is 4.79 Å². The van der Waals surface area contributed by atoms with E-state index in [0.717, 1.165) is 11.4 Å². The van der Waals surface area contributed by atoms with Crippen LogP contribution in [-0.2, 0) is 0 Å². The standard InChI is InChI=1S/C14H18N4OS/c1-9(15)12-8-20-14(16-12)17-13(19)10-4-6-11(7-5-10)18(2)3/h4-9H,15H2,1-3H3,(H,16,17,19). The van der Waals surface area contributed by atoms with Crippen LogP contribution in [0.25, 0.3) is 0 Å². The highest BCUT2D eigenvalue weighted by molar-refractivity contribution is 7.14. The zero-order valence-electron chi connectivity index (χ0n) is 11.8. The molecule has 0 spiro atoms. The second-order valence-corrected chi connectivity index (χ2v) is 5.62. The summed E-state index contributed by atoms with van der Waals surface area (Å²) in [6, 6.07) is 7.28. The van der Waals surface area contributed by atoms with Crippen molar-refractivity contribution in [2.75, 3.05) is 24.3 Å². The average molecular weight is 290 g/mol. The molecule has 1 heterocycles. The predicted molar refractivity (Wildman–Crippen MR) is 83.4 cm³/mol. The maximum absolute atomic E-state index is 12.1. The number of aromatic nitrogens is 1. The van der Waals surface area contributed by atoms with Gasteiger partial charge in [-0.25, -0.2) is 4.98 Å². The first kappa shape index (κ1) is 14.5. The Kier molecular flexibility index (Phi) is 4.36. The quantitative estimate of drug-likeness (QED) is 0.907. The molecule has 0 fully saturated rings. The highest BCUT2D eigenvalue weighted by Crippen LogP contribution is 2.20. The van der Waals surface area contributed by atoms with Crippen molar-refractivity contribution in [1.29, 1.82) is 0 Å². The highest BCUT2D eigenvalue weighted by Gasteiger charge is 2.10. The molecule has 1 amide bonds. The van der Waals surface area contributed by atoms with E-state index < -0.39 is 0 Å². The van der Waals surface area contributed by atoms with Gasteiger partial charge < -0.3 is 10.6 Å². The number of nitrogens with zero attached hydrogens (tertiary/aromatic N) is 2. The fourth-order valence-electron chi connectivity index (χ4n) is 1.63. The van der Waals surface area contributed by atoms with Crippen LogP contribution in [0.1, 0.15) is 29.0 Å². The van der Waals surface area contributed by atoms with E-state index in [1.807, 2.05) is 43.4 Å². The van der Waals surface area contributed by atoms with E-state index >= 15 is 0 Å². The number of carbonyl (C=O) groups excluding carboxylic acids is 1. The van der Waals surface area contributed by atoms with Gasteiger partial charge in [0.05, 0.1) is 5.69 Å². The molecule has 0 radical (unpaired) electrons. The Hall–Kier alpha value is -1.92. The summed E-state index contributed by atoms with van der Waals surface area (Å²) in [4.78, 5) is 18.3. The van der Waals surface area contributed by atoms with Gasteiger partial charge in [0.15, 0.2) is 5.13 Å². The molecule has 0 saturated carbocycles. The first-order chi connectivity index (χ1) is 9.47. The molecule has 0 saturated heterocycles. The zero-order chi connectivity index (χ0) is 14.7. The van der Waals surface area contributed by atoms with Gasteiger partial charge in [-0.1, -0.05) is 0 Å². The van der Waals surface area contributed by atoms with Crippen LogP contribution in [0.2, 0.25) is 0 Å². The maximum atomic E-state index is 12.1. The molecule has 0 bridgehead atoms. The van der Waals surface area contributed by atoms with E-state index in [4.69, 9.17) is 5.73 Å². The number of benzene rings is 1.